The summed E-state index contributed by atoms with van der Waals surface area (Å²) in [6.07, 6.45) is 0.823. The average Bonchev–Trinajstić information content (AvgIpc) is 2.73. The van der Waals surface area contributed by atoms with Crippen LogP contribution in [0.1, 0.15) is 34.1 Å². The Balaban J connectivity index is 2.06. The van der Waals surface area contributed by atoms with Gasteiger partial charge in [-0.2, -0.15) is 0 Å². The van der Waals surface area contributed by atoms with Crippen molar-refractivity contribution in [2.75, 3.05) is 12.4 Å². The number of amides is 1. The van der Waals surface area contributed by atoms with Gasteiger partial charge >= 0.3 is 0 Å². The highest BCUT2D eigenvalue weighted by Crippen LogP contribution is 2.27. The Bertz CT molecular complexity index is 1110. The molecule has 1 aromatic heterocycles. The van der Waals surface area contributed by atoms with Gasteiger partial charge in [0.05, 0.1) is 29.0 Å². The zero-order valence-corrected chi connectivity index (χ0v) is 18.6. The van der Waals surface area contributed by atoms with Crippen LogP contribution in [-0.4, -0.2) is 33.4 Å². The van der Waals surface area contributed by atoms with Gasteiger partial charge in [-0.05, 0) is 51.5 Å². The second-order valence-corrected chi connectivity index (χ2v) is 8.47. The summed E-state index contributed by atoms with van der Waals surface area (Å²) < 4.78 is 7.28. The van der Waals surface area contributed by atoms with Crippen molar-refractivity contribution in [1.29, 1.82) is 0 Å². The molecule has 6 nitrogen and oxygen atoms in total. The fourth-order valence-corrected chi connectivity index (χ4v) is 3.78. The number of benzene rings is 2. The van der Waals surface area contributed by atoms with Crippen molar-refractivity contribution in [1.82, 2.24) is 14.9 Å². The molecule has 3 rings (SSSR count). The third-order valence-corrected chi connectivity index (χ3v) is 5.78. The van der Waals surface area contributed by atoms with Gasteiger partial charge in [-0.15, -0.1) is 0 Å². The standard InChI is InChI=1S/C23H27N3O3S/c1-5-23(3,4)25-20(27)15-30-22-24-17-12-8-7-11-16(17)21(28)26(22)18-13-9-10-14-19(18)29-6-2/h7-14H,5-6,15H2,1-4H3,(H,25,27). The Morgan fingerprint density at radius 1 is 1.13 bits per heavy atom. The molecule has 158 valence electrons. The van der Waals surface area contributed by atoms with Crippen LogP contribution in [0.5, 0.6) is 5.75 Å². The minimum Gasteiger partial charge on any atom is -0.492 e. The van der Waals surface area contributed by atoms with Crippen molar-refractivity contribution in [2.45, 2.75) is 44.8 Å². The van der Waals surface area contributed by atoms with Crippen LogP contribution in [-0.2, 0) is 4.79 Å². The van der Waals surface area contributed by atoms with Crippen LogP contribution >= 0.6 is 11.8 Å². The lowest BCUT2D eigenvalue weighted by molar-refractivity contribution is -0.120. The molecular formula is C23H27N3O3S. The number of nitrogens with one attached hydrogen (secondary N) is 1. The summed E-state index contributed by atoms with van der Waals surface area (Å²) in [5, 5.41) is 3.99. The molecule has 1 heterocycles. The van der Waals surface area contributed by atoms with E-state index < -0.39 is 0 Å². The van der Waals surface area contributed by atoms with Crippen LogP contribution < -0.4 is 15.6 Å². The summed E-state index contributed by atoms with van der Waals surface area (Å²) >= 11 is 1.24. The molecule has 0 fully saturated rings. The van der Waals surface area contributed by atoms with Gasteiger partial charge in [0.2, 0.25) is 5.91 Å². The zero-order chi connectivity index (χ0) is 21.7. The van der Waals surface area contributed by atoms with Crippen molar-refractivity contribution in [3.63, 3.8) is 0 Å². The van der Waals surface area contributed by atoms with Crippen molar-refractivity contribution in [3.8, 4) is 11.4 Å². The number of aromatic nitrogens is 2. The van der Waals surface area contributed by atoms with E-state index in [1.54, 1.807) is 12.1 Å². The molecule has 7 heteroatoms. The lowest BCUT2D eigenvalue weighted by atomic mass is 10.0. The number of ether oxygens (including phenoxy) is 1. The monoisotopic (exact) mass is 425 g/mol. The van der Waals surface area contributed by atoms with E-state index in [1.165, 1.54) is 16.3 Å². The summed E-state index contributed by atoms with van der Waals surface area (Å²) in [4.78, 5) is 30.6. The quantitative estimate of drug-likeness (QED) is 0.433. The van der Waals surface area contributed by atoms with E-state index in [0.29, 0.717) is 34.1 Å². The lowest BCUT2D eigenvalue weighted by Crippen LogP contribution is -2.43. The third kappa shape index (κ3) is 4.84. The Morgan fingerprint density at radius 3 is 2.57 bits per heavy atom. The fourth-order valence-electron chi connectivity index (χ4n) is 2.97. The summed E-state index contributed by atoms with van der Waals surface area (Å²) in [6.45, 7) is 8.37. The van der Waals surface area contributed by atoms with Gasteiger partial charge < -0.3 is 10.1 Å². The first-order valence-corrected chi connectivity index (χ1v) is 11.0. The maximum Gasteiger partial charge on any atom is 0.266 e. The number of thioether (sulfide) groups is 1. The van der Waals surface area contributed by atoms with Crippen LogP contribution in [0.15, 0.2) is 58.5 Å². The Labute approximate surface area is 180 Å². The van der Waals surface area contributed by atoms with E-state index in [4.69, 9.17) is 9.72 Å². The Hall–Kier alpha value is -2.80. The van der Waals surface area contributed by atoms with Gasteiger partial charge in [0.1, 0.15) is 5.75 Å². The summed E-state index contributed by atoms with van der Waals surface area (Å²) in [5.41, 5.74) is 0.740. The highest BCUT2D eigenvalue weighted by molar-refractivity contribution is 7.99. The highest BCUT2D eigenvalue weighted by atomic mass is 32.2. The number of rotatable bonds is 8. The molecule has 0 aliphatic rings. The number of hydrogen-bond acceptors (Lipinski definition) is 5. The molecule has 0 aliphatic heterocycles. The molecule has 2 aromatic carbocycles. The van der Waals surface area contributed by atoms with Crippen LogP contribution in [0, 0.1) is 0 Å². The van der Waals surface area contributed by atoms with Crippen LogP contribution in [0.25, 0.3) is 16.6 Å². The summed E-state index contributed by atoms with van der Waals surface area (Å²) in [6, 6.07) is 14.6. The molecule has 0 spiro atoms. The largest absolute Gasteiger partial charge is 0.492 e. The first-order valence-electron chi connectivity index (χ1n) is 10.0. The molecule has 0 aliphatic carbocycles. The van der Waals surface area contributed by atoms with Crippen LogP contribution in [0.2, 0.25) is 0 Å². The number of fused-ring (bicyclic) bond motifs is 1. The molecule has 3 aromatic rings. The molecule has 0 saturated heterocycles. The molecule has 1 amide bonds. The Kier molecular flexibility index (Phi) is 6.82. The molecule has 0 atom stereocenters. The Morgan fingerprint density at radius 2 is 1.83 bits per heavy atom. The minimum atomic E-state index is -0.282. The summed E-state index contributed by atoms with van der Waals surface area (Å²) in [5.74, 6) is 0.655. The van der Waals surface area contributed by atoms with Crippen molar-refractivity contribution in [2.24, 2.45) is 0 Å². The van der Waals surface area contributed by atoms with Gasteiger partial charge in [0.25, 0.3) is 5.56 Å². The second kappa shape index (κ2) is 9.34. The van der Waals surface area contributed by atoms with Crippen molar-refractivity contribution in [3.05, 3.63) is 58.9 Å². The van der Waals surface area contributed by atoms with Gasteiger partial charge in [-0.1, -0.05) is 43.0 Å². The van der Waals surface area contributed by atoms with E-state index in [2.05, 4.69) is 5.32 Å². The van der Waals surface area contributed by atoms with E-state index in [9.17, 15) is 9.59 Å². The number of carbonyl (C=O) groups excluding carboxylic acids is 1. The number of carbonyl (C=O) groups is 1. The van der Waals surface area contributed by atoms with E-state index >= 15 is 0 Å². The van der Waals surface area contributed by atoms with Crippen LogP contribution in [0.4, 0.5) is 0 Å². The smallest absolute Gasteiger partial charge is 0.266 e. The second-order valence-electron chi connectivity index (χ2n) is 7.53. The topological polar surface area (TPSA) is 73.2 Å². The predicted molar refractivity (Wildman–Crippen MR) is 122 cm³/mol. The first kappa shape index (κ1) is 21.9. The summed E-state index contributed by atoms with van der Waals surface area (Å²) in [7, 11) is 0. The van der Waals surface area contributed by atoms with Gasteiger partial charge in [-0.25, -0.2) is 4.98 Å². The normalized spacial score (nSPS) is 11.5. The van der Waals surface area contributed by atoms with Crippen LogP contribution in [0.3, 0.4) is 0 Å². The molecule has 0 unspecified atom stereocenters. The van der Waals surface area contributed by atoms with Gasteiger partial charge in [-0.3, -0.25) is 14.2 Å². The maximum absolute atomic E-state index is 13.4. The maximum atomic E-state index is 13.4. The highest BCUT2D eigenvalue weighted by Gasteiger charge is 2.20. The average molecular weight is 426 g/mol. The predicted octanol–water partition coefficient (Wildman–Crippen LogP) is 4.18. The number of hydrogen-bond donors (Lipinski definition) is 1. The molecule has 30 heavy (non-hydrogen) atoms. The fraction of sp³-hybridized carbons (Fsp3) is 0.348. The molecule has 0 saturated carbocycles. The molecular weight excluding hydrogens is 398 g/mol. The number of nitrogens with zero attached hydrogens (tertiary/aromatic N) is 2. The van der Waals surface area contributed by atoms with E-state index in [-0.39, 0.29) is 22.8 Å². The first-order chi connectivity index (χ1) is 14.4. The van der Waals surface area contributed by atoms with E-state index in [0.717, 1.165) is 6.42 Å². The lowest BCUT2D eigenvalue weighted by Gasteiger charge is -2.24. The minimum absolute atomic E-state index is 0.0982. The van der Waals surface area contributed by atoms with Gasteiger partial charge in [0, 0.05) is 5.54 Å². The van der Waals surface area contributed by atoms with Crippen molar-refractivity contribution >= 4 is 28.6 Å². The van der Waals surface area contributed by atoms with Gasteiger partial charge in [0.15, 0.2) is 5.16 Å². The van der Waals surface area contributed by atoms with Crippen molar-refractivity contribution < 1.29 is 9.53 Å². The molecule has 0 radical (unpaired) electrons. The third-order valence-electron chi connectivity index (χ3n) is 4.84. The SMILES string of the molecule is CCOc1ccccc1-n1c(SCC(=O)NC(C)(C)CC)nc2ccccc2c1=O. The number of para-hydroxylation sites is 3. The molecule has 0 bridgehead atoms. The molecule has 1 N–H and O–H groups in total. The van der Waals surface area contributed by atoms with E-state index in [1.807, 2.05) is 64.1 Å². The zero-order valence-electron chi connectivity index (χ0n) is 17.8.